The van der Waals surface area contributed by atoms with Crippen LogP contribution < -0.4 is 5.69 Å². The average molecular weight is 371 g/mol. The Hall–Kier alpha value is -2.86. The maximum absolute atomic E-state index is 12.0. The van der Waals surface area contributed by atoms with Gasteiger partial charge in [0.2, 0.25) is 5.28 Å². The molecule has 0 aliphatic heterocycles. The van der Waals surface area contributed by atoms with Gasteiger partial charge in [-0.1, -0.05) is 53.7 Å². The predicted molar refractivity (Wildman–Crippen MR) is 101 cm³/mol. The van der Waals surface area contributed by atoms with Crippen molar-refractivity contribution in [3.05, 3.63) is 87.1 Å². The molecule has 0 saturated heterocycles. The van der Waals surface area contributed by atoms with Crippen molar-refractivity contribution in [2.75, 3.05) is 0 Å². The third-order valence-electron chi connectivity index (χ3n) is 3.92. The molecule has 0 saturated carbocycles. The second-order valence-electron chi connectivity index (χ2n) is 5.90. The van der Waals surface area contributed by atoms with Gasteiger partial charge in [0.25, 0.3) is 0 Å². The van der Waals surface area contributed by atoms with Gasteiger partial charge in [-0.25, -0.2) is 9.48 Å². The van der Waals surface area contributed by atoms with E-state index in [4.69, 9.17) is 16.4 Å². The standard InChI is InChI=1S/C19H19ClN4O2/c1-14(22-26-13-15-7-4-3-5-8-15)17-10-6-9-16(11-17)12-24-18(20)21-23(2)19(24)25/h3-11H,12-13H2,1-2H3. The van der Waals surface area contributed by atoms with E-state index >= 15 is 0 Å². The molecule has 3 rings (SSSR count). The fourth-order valence-corrected chi connectivity index (χ4v) is 2.76. The van der Waals surface area contributed by atoms with Gasteiger partial charge < -0.3 is 4.84 Å². The molecule has 26 heavy (non-hydrogen) atoms. The van der Waals surface area contributed by atoms with Crippen LogP contribution >= 0.6 is 11.6 Å². The molecule has 0 aliphatic carbocycles. The molecular formula is C19H19ClN4O2. The van der Waals surface area contributed by atoms with Crippen molar-refractivity contribution in [1.82, 2.24) is 14.3 Å². The van der Waals surface area contributed by atoms with Crippen LogP contribution in [-0.2, 0) is 25.0 Å². The van der Waals surface area contributed by atoms with Crippen LogP contribution in [-0.4, -0.2) is 20.1 Å². The molecule has 0 atom stereocenters. The van der Waals surface area contributed by atoms with Gasteiger partial charge >= 0.3 is 5.69 Å². The van der Waals surface area contributed by atoms with Crippen LogP contribution in [0, 0.1) is 0 Å². The summed E-state index contributed by atoms with van der Waals surface area (Å²) in [4.78, 5) is 17.5. The SMILES string of the molecule is CC(=NOCc1ccccc1)c1cccc(Cn2c(Cl)nn(C)c2=O)c1. The van der Waals surface area contributed by atoms with Crippen molar-refractivity contribution < 1.29 is 4.84 Å². The Bertz CT molecular complexity index is 977. The minimum atomic E-state index is -0.253. The van der Waals surface area contributed by atoms with E-state index in [0.29, 0.717) is 13.2 Å². The lowest BCUT2D eigenvalue weighted by Crippen LogP contribution is -2.23. The van der Waals surface area contributed by atoms with Gasteiger partial charge in [-0.2, -0.15) is 0 Å². The molecule has 0 bridgehead atoms. The van der Waals surface area contributed by atoms with Crippen molar-refractivity contribution in [3.8, 4) is 0 Å². The van der Waals surface area contributed by atoms with Crippen LogP contribution in [0.1, 0.15) is 23.6 Å². The van der Waals surface area contributed by atoms with E-state index in [9.17, 15) is 4.79 Å². The van der Waals surface area contributed by atoms with Crippen LogP contribution in [0.15, 0.2) is 64.5 Å². The highest BCUT2D eigenvalue weighted by Crippen LogP contribution is 2.11. The lowest BCUT2D eigenvalue weighted by molar-refractivity contribution is 0.130. The topological polar surface area (TPSA) is 61.4 Å². The summed E-state index contributed by atoms with van der Waals surface area (Å²) in [6, 6.07) is 17.6. The molecule has 0 N–H and O–H groups in total. The van der Waals surface area contributed by atoms with Crippen molar-refractivity contribution in [1.29, 1.82) is 0 Å². The lowest BCUT2D eigenvalue weighted by atomic mass is 10.1. The molecule has 1 aromatic heterocycles. The van der Waals surface area contributed by atoms with Crippen LogP contribution in [0.5, 0.6) is 0 Å². The van der Waals surface area contributed by atoms with Crippen LogP contribution in [0.25, 0.3) is 0 Å². The molecule has 0 amide bonds. The molecular weight excluding hydrogens is 352 g/mol. The summed E-state index contributed by atoms with van der Waals surface area (Å²) in [6.07, 6.45) is 0. The monoisotopic (exact) mass is 370 g/mol. The first kappa shape index (κ1) is 17.9. The number of oxime groups is 1. The summed E-state index contributed by atoms with van der Waals surface area (Å²) in [6.45, 7) is 2.64. The molecule has 0 unspecified atom stereocenters. The summed E-state index contributed by atoms with van der Waals surface area (Å²) in [5.74, 6) is 0. The first-order valence-electron chi connectivity index (χ1n) is 8.13. The van der Waals surface area contributed by atoms with Crippen LogP contribution in [0.4, 0.5) is 0 Å². The van der Waals surface area contributed by atoms with E-state index in [1.807, 2.05) is 61.5 Å². The summed E-state index contributed by atoms with van der Waals surface area (Å²) in [7, 11) is 1.57. The van der Waals surface area contributed by atoms with E-state index in [0.717, 1.165) is 22.4 Å². The maximum atomic E-state index is 12.0. The zero-order valence-electron chi connectivity index (χ0n) is 14.6. The van der Waals surface area contributed by atoms with E-state index < -0.39 is 0 Å². The van der Waals surface area contributed by atoms with Crippen molar-refractivity contribution in [2.45, 2.75) is 20.1 Å². The van der Waals surface area contributed by atoms with Crippen LogP contribution in [0.3, 0.4) is 0 Å². The highest BCUT2D eigenvalue weighted by Gasteiger charge is 2.10. The molecule has 1 heterocycles. The normalized spacial score (nSPS) is 11.6. The van der Waals surface area contributed by atoms with Gasteiger partial charge in [-0.3, -0.25) is 4.57 Å². The minimum absolute atomic E-state index is 0.166. The number of benzene rings is 2. The number of halogens is 1. The molecule has 0 fully saturated rings. The van der Waals surface area contributed by atoms with E-state index in [2.05, 4.69) is 10.3 Å². The second-order valence-corrected chi connectivity index (χ2v) is 6.24. The van der Waals surface area contributed by atoms with Crippen molar-refractivity contribution >= 4 is 17.3 Å². The van der Waals surface area contributed by atoms with Gasteiger partial charge in [0, 0.05) is 7.05 Å². The molecule has 7 heteroatoms. The molecule has 0 aliphatic rings. The Kier molecular flexibility index (Phi) is 5.53. The highest BCUT2D eigenvalue weighted by atomic mass is 35.5. The number of aryl methyl sites for hydroxylation is 1. The van der Waals surface area contributed by atoms with E-state index in [1.165, 1.54) is 9.25 Å². The third kappa shape index (κ3) is 4.21. The molecule has 6 nitrogen and oxygen atoms in total. The summed E-state index contributed by atoms with van der Waals surface area (Å²) >= 11 is 6.02. The summed E-state index contributed by atoms with van der Waals surface area (Å²) < 4.78 is 2.63. The highest BCUT2D eigenvalue weighted by molar-refractivity contribution is 6.28. The van der Waals surface area contributed by atoms with Gasteiger partial charge in [0.15, 0.2) is 0 Å². The zero-order valence-corrected chi connectivity index (χ0v) is 15.3. The smallest absolute Gasteiger partial charge is 0.346 e. The first-order valence-corrected chi connectivity index (χ1v) is 8.51. The quantitative estimate of drug-likeness (QED) is 0.494. The number of nitrogens with zero attached hydrogens (tertiary/aromatic N) is 4. The number of hydrogen-bond acceptors (Lipinski definition) is 4. The average Bonchev–Trinajstić information content (AvgIpc) is 2.89. The fourth-order valence-electron chi connectivity index (χ4n) is 2.51. The Labute approximate surface area is 156 Å². The Balaban J connectivity index is 1.72. The van der Waals surface area contributed by atoms with E-state index in [-0.39, 0.29) is 11.0 Å². The second kappa shape index (κ2) is 8.01. The van der Waals surface area contributed by atoms with Gasteiger partial charge in [0.05, 0.1) is 12.3 Å². The minimum Gasteiger partial charge on any atom is -0.391 e. The number of rotatable bonds is 6. The van der Waals surface area contributed by atoms with Gasteiger partial charge in [-0.05, 0) is 41.3 Å². The number of aromatic nitrogens is 3. The van der Waals surface area contributed by atoms with Gasteiger partial charge in [-0.15, -0.1) is 5.10 Å². The Morgan fingerprint density at radius 1 is 1.15 bits per heavy atom. The van der Waals surface area contributed by atoms with E-state index in [1.54, 1.807) is 7.05 Å². The number of hydrogen-bond donors (Lipinski definition) is 0. The first-order chi connectivity index (χ1) is 12.5. The van der Waals surface area contributed by atoms with Crippen LogP contribution in [0.2, 0.25) is 5.28 Å². The fraction of sp³-hybridized carbons (Fsp3) is 0.211. The molecule has 3 aromatic rings. The molecule has 0 radical (unpaired) electrons. The Morgan fingerprint density at radius 2 is 1.88 bits per heavy atom. The molecule has 0 spiro atoms. The summed E-state index contributed by atoms with van der Waals surface area (Å²) in [5, 5.41) is 8.27. The largest absolute Gasteiger partial charge is 0.391 e. The van der Waals surface area contributed by atoms with Crippen molar-refractivity contribution in [2.24, 2.45) is 12.2 Å². The maximum Gasteiger partial charge on any atom is 0.346 e. The summed E-state index contributed by atoms with van der Waals surface area (Å²) in [5.41, 5.74) is 3.41. The lowest BCUT2D eigenvalue weighted by Gasteiger charge is -2.06. The Morgan fingerprint density at radius 3 is 2.58 bits per heavy atom. The molecule has 2 aromatic carbocycles. The molecule has 134 valence electrons. The van der Waals surface area contributed by atoms with Crippen molar-refractivity contribution in [3.63, 3.8) is 0 Å². The third-order valence-corrected chi connectivity index (χ3v) is 4.20. The van der Waals surface area contributed by atoms with Gasteiger partial charge in [0.1, 0.15) is 6.61 Å². The predicted octanol–water partition coefficient (Wildman–Crippen LogP) is 3.22. The zero-order chi connectivity index (χ0) is 18.5.